The molecule has 0 spiro atoms. The maximum absolute atomic E-state index is 13.1. The van der Waals surface area contributed by atoms with Crippen molar-refractivity contribution in [2.24, 2.45) is 0 Å². The molecule has 0 fully saturated rings. The van der Waals surface area contributed by atoms with Crippen LogP contribution in [-0.4, -0.2) is 35.6 Å². The summed E-state index contributed by atoms with van der Waals surface area (Å²) in [7, 11) is -3.82. The number of tetrazole rings is 1. The Hall–Kier alpha value is -2.94. The van der Waals surface area contributed by atoms with Gasteiger partial charge in [-0.15, -0.1) is 10.2 Å². The zero-order chi connectivity index (χ0) is 20.9. The van der Waals surface area contributed by atoms with Crippen LogP contribution in [0.25, 0.3) is 11.4 Å². The quantitative estimate of drug-likeness (QED) is 0.512. The minimum Gasteiger partial charge on any atom is -0.493 e. The number of nitrogens with one attached hydrogen (secondary N) is 2. The van der Waals surface area contributed by atoms with E-state index >= 15 is 0 Å². The summed E-state index contributed by atoms with van der Waals surface area (Å²) >= 11 is 0. The molecule has 2 aromatic carbocycles. The molecule has 8 nitrogen and oxygen atoms in total. The lowest BCUT2D eigenvalue weighted by Gasteiger charge is -2.16. The van der Waals surface area contributed by atoms with E-state index < -0.39 is 10.0 Å². The van der Waals surface area contributed by atoms with Gasteiger partial charge in [0, 0.05) is 5.56 Å². The fraction of sp³-hybridized carbons (Fsp3) is 0.350. The molecule has 3 rings (SSSR count). The van der Waals surface area contributed by atoms with Crippen LogP contribution in [0.1, 0.15) is 45.1 Å². The summed E-state index contributed by atoms with van der Waals surface area (Å²) in [6.45, 7) is 6.73. The summed E-state index contributed by atoms with van der Waals surface area (Å²) in [5, 5.41) is 13.8. The summed E-state index contributed by atoms with van der Waals surface area (Å²) in [6.07, 6.45) is 1.99. The average Bonchev–Trinajstić information content (AvgIpc) is 3.23. The molecule has 2 N–H and O–H groups in total. The Labute approximate surface area is 170 Å². The van der Waals surface area contributed by atoms with Crippen molar-refractivity contribution in [1.82, 2.24) is 20.6 Å². The number of rotatable bonds is 9. The first-order valence-electron chi connectivity index (χ1n) is 9.54. The number of hydrogen-bond donors (Lipinski definition) is 2. The molecule has 9 heteroatoms. The molecule has 154 valence electrons. The smallest absolute Gasteiger partial charge is 0.261 e. The Bertz CT molecular complexity index is 1050. The van der Waals surface area contributed by atoms with Crippen LogP contribution < -0.4 is 9.46 Å². The normalized spacial score (nSPS) is 11.6. The number of aromatic amines is 1. The van der Waals surface area contributed by atoms with E-state index in [0.717, 1.165) is 24.2 Å². The van der Waals surface area contributed by atoms with Crippen molar-refractivity contribution >= 4 is 15.7 Å². The standard InChI is InChI=1S/C20H25N5O3S/c1-4-5-12-28-19-11-10-15(13-17(19)14(2)3)29(26,27)23-18-9-7-6-8-16(18)20-21-24-25-22-20/h6-11,13-14,23H,4-5,12H2,1-3H3,(H,21,22,24,25). The molecule has 0 saturated heterocycles. The van der Waals surface area contributed by atoms with E-state index in [0.29, 0.717) is 23.7 Å². The molecule has 0 radical (unpaired) electrons. The number of sulfonamides is 1. The molecule has 0 aliphatic rings. The number of hydrogen-bond acceptors (Lipinski definition) is 6. The average molecular weight is 416 g/mol. The summed E-state index contributed by atoms with van der Waals surface area (Å²) in [5.74, 6) is 1.15. The fourth-order valence-electron chi connectivity index (χ4n) is 2.85. The van der Waals surface area contributed by atoms with Crippen LogP contribution in [0.15, 0.2) is 47.4 Å². The lowest BCUT2D eigenvalue weighted by atomic mass is 10.0. The first kappa shape index (κ1) is 20.8. The first-order valence-corrected chi connectivity index (χ1v) is 11.0. The maximum Gasteiger partial charge on any atom is 0.261 e. The van der Waals surface area contributed by atoms with Gasteiger partial charge in [-0.2, -0.15) is 5.21 Å². The van der Waals surface area contributed by atoms with E-state index in [1.54, 1.807) is 42.5 Å². The van der Waals surface area contributed by atoms with Gasteiger partial charge < -0.3 is 4.74 Å². The van der Waals surface area contributed by atoms with Crippen molar-refractivity contribution in [1.29, 1.82) is 0 Å². The van der Waals surface area contributed by atoms with Crippen LogP contribution in [0.4, 0.5) is 5.69 Å². The summed E-state index contributed by atoms with van der Waals surface area (Å²) in [6, 6.07) is 11.9. The Kier molecular flexibility index (Phi) is 6.48. The highest BCUT2D eigenvalue weighted by Gasteiger charge is 2.20. The summed E-state index contributed by atoms with van der Waals surface area (Å²) in [5.41, 5.74) is 1.77. The van der Waals surface area contributed by atoms with Crippen molar-refractivity contribution < 1.29 is 13.2 Å². The van der Waals surface area contributed by atoms with Gasteiger partial charge in [-0.3, -0.25) is 4.72 Å². The third kappa shape index (κ3) is 4.92. The highest BCUT2D eigenvalue weighted by Crippen LogP contribution is 2.31. The van der Waals surface area contributed by atoms with Gasteiger partial charge in [0.1, 0.15) is 5.75 Å². The molecule has 0 unspecified atom stereocenters. The lowest BCUT2D eigenvalue weighted by molar-refractivity contribution is 0.305. The largest absolute Gasteiger partial charge is 0.493 e. The van der Waals surface area contributed by atoms with Gasteiger partial charge in [-0.05, 0) is 53.4 Å². The van der Waals surface area contributed by atoms with Crippen molar-refractivity contribution in [3.63, 3.8) is 0 Å². The highest BCUT2D eigenvalue weighted by atomic mass is 32.2. The van der Waals surface area contributed by atoms with Gasteiger partial charge in [0.15, 0.2) is 0 Å². The highest BCUT2D eigenvalue weighted by molar-refractivity contribution is 7.92. The second kappa shape index (κ2) is 9.04. The topological polar surface area (TPSA) is 110 Å². The zero-order valence-corrected chi connectivity index (χ0v) is 17.5. The van der Waals surface area contributed by atoms with Crippen LogP contribution in [-0.2, 0) is 10.0 Å². The number of aromatic nitrogens is 4. The SMILES string of the molecule is CCCCOc1ccc(S(=O)(=O)Nc2ccccc2-c2nn[nH]n2)cc1C(C)C. The molecule has 0 aliphatic carbocycles. The first-order chi connectivity index (χ1) is 13.9. The van der Waals surface area contributed by atoms with Crippen LogP contribution in [0.5, 0.6) is 5.75 Å². The van der Waals surface area contributed by atoms with Crippen molar-refractivity contribution in [3.8, 4) is 17.1 Å². The molecule has 0 saturated carbocycles. The molecule has 0 bridgehead atoms. The number of benzene rings is 2. The van der Waals surface area contributed by atoms with Gasteiger partial charge >= 0.3 is 0 Å². The molecule has 1 aromatic heterocycles. The zero-order valence-electron chi connectivity index (χ0n) is 16.7. The fourth-order valence-corrected chi connectivity index (χ4v) is 3.96. The minimum absolute atomic E-state index is 0.119. The number of unbranched alkanes of at least 4 members (excludes halogenated alkanes) is 1. The predicted molar refractivity (Wildman–Crippen MR) is 111 cm³/mol. The molecular weight excluding hydrogens is 390 g/mol. The number of nitrogens with zero attached hydrogens (tertiary/aromatic N) is 3. The van der Waals surface area contributed by atoms with E-state index in [-0.39, 0.29) is 10.8 Å². The molecule has 0 aliphatic heterocycles. The number of para-hydroxylation sites is 1. The Balaban J connectivity index is 1.91. The lowest BCUT2D eigenvalue weighted by Crippen LogP contribution is -2.14. The molecule has 3 aromatic rings. The van der Waals surface area contributed by atoms with E-state index in [4.69, 9.17) is 4.74 Å². The van der Waals surface area contributed by atoms with Crippen molar-refractivity contribution in [2.75, 3.05) is 11.3 Å². The van der Waals surface area contributed by atoms with Crippen molar-refractivity contribution in [3.05, 3.63) is 48.0 Å². The third-order valence-electron chi connectivity index (χ3n) is 4.43. The molecule has 29 heavy (non-hydrogen) atoms. The Morgan fingerprint density at radius 2 is 1.97 bits per heavy atom. The van der Waals surface area contributed by atoms with E-state index in [2.05, 4.69) is 32.3 Å². The van der Waals surface area contributed by atoms with E-state index in [1.165, 1.54) is 0 Å². The Morgan fingerprint density at radius 3 is 2.66 bits per heavy atom. The van der Waals surface area contributed by atoms with Crippen LogP contribution in [0, 0.1) is 0 Å². The summed E-state index contributed by atoms with van der Waals surface area (Å²) in [4.78, 5) is 0.173. The van der Waals surface area contributed by atoms with Gasteiger partial charge in [-0.1, -0.05) is 39.3 Å². The number of anilines is 1. The van der Waals surface area contributed by atoms with Gasteiger partial charge in [0.2, 0.25) is 5.82 Å². The maximum atomic E-state index is 13.1. The monoisotopic (exact) mass is 415 g/mol. The number of H-pyrrole nitrogens is 1. The van der Waals surface area contributed by atoms with Gasteiger partial charge in [0.25, 0.3) is 10.0 Å². The van der Waals surface area contributed by atoms with E-state index in [9.17, 15) is 8.42 Å². The molecule has 0 amide bonds. The predicted octanol–water partition coefficient (Wildman–Crippen LogP) is 3.97. The molecular formula is C20H25N5O3S. The number of ether oxygens (including phenoxy) is 1. The van der Waals surface area contributed by atoms with Crippen LogP contribution in [0.2, 0.25) is 0 Å². The summed E-state index contributed by atoms with van der Waals surface area (Å²) < 4.78 is 34.6. The minimum atomic E-state index is -3.82. The Morgan fingerprint density at radius 1 is 1.17 bits per heavy atom. The molecule has 1 heterocycles. The van der Waals surface area contributed by atoms with Gasteiger partial charge in [0.05, 0.1) is 17.2 Å². The second-order valence-electron chi connectivity index (χ2n) is 6.94. The van der Waals surface area contributed by atoms with Crippen LogP contribution >= 0.6 is 0 Å². The van der Waals surface area contributed by atoms with Crippen molar-refractivity contribution in [2.45, 2.75) is 44.4 Å². The van der Waals surface area contributed by atoms with Gasteiger partial charge in [-0.25, -0.2) is 8.42 Å². The van der Waals surface area contributed by atoms with E-state index in [1.807, 2.05) is 13.8 Å². The molecule has 0 atom stereocenters. The van der Waals surface area contributed by atoms with Crippen LogP contribution in [0.3, 0.4) is 0 Å². The second-order valence-corrected chi connectivity index (χ2v) is 8.63. The third-order valence-corrected chi connectivity index (χ3v) is 5.79.